The van der Waals surface area contributed by atoms with Crippen LogP contribution in [0.3, 0.4) is 0 Å². The van der Waals surface area contributed by atoms with Gasteiger partial charge in [0.2, 0.25) is 5.75 Å². The average molecular weight is 405 g/mol. The molecule has 0 heterocycles. The third-order valence-corrected chi connectivity index (χ3v) is 7.27. The van der Waals surface area contributed by atoms with Gasteiger partial charge in [-0.2, -0.15) is 0 Å². The van der Waals surface area contributed by atoms with E-state index in [9.17, 15) is 15.3 Å². The van der Waals surface area contributed by atoms with Gasteiger partial charge in [0, 0.05) is 5.56 Å². The summed E-state index contributed by atoms with van der Waals surface area (Å²) in [7, 11) is 0. The topological polar surface area (TPSA) is 60.7 Å². The van der Waals surface area contributed by atoms with E-state index in [1.807, 2.05) is 0 Å². The molecular weight excluding hydrogens is 360 g/mol. The summed E-state index contributed by atoms with van der Waals surface area (Å²) in [4.78, 5) is 0. The van der Waals surface area contributed by atoms with Gasteiger partial charge in [0.15, 0.2) is 11.5 Å². The van der Waals surface area contributed by atoms with Crippen molar-refractivity contribution in [1.82, 2.24) is 0 Å². The molecular formula is C26H44O3. The molecule has 3 N–H and O–H groups in total. The standard InChI is InChI=1S/C26H44O3/c1-5-25(2,3)15-11-7-6-9-13-20-19-22(27)24(29)23(28)21(20)14-10-8-12-16-26(4)17-18-26/h19,27-29H,5-18H2,1-4H3. The predicted molar refractivity (Wildman–Crippen MR) is 122 cm³/mol. The summed E-state index contributed by atoms with van der Waals surface area (Å²) in [6, 6.07) is 1.66. The van der Waals surface area contributed by atoms with E-state index < -0.39 is 0 Å². The largest absolute Gasteiger partial charge is 0.504 e. The van der Waals surface area contributed by atoms with Crippen LogP contribution in [0.5, 0.6) is 17.2 Å². The Hall–Kier alpha value is -1.38. The SMILES string of the molecule is CCC(C)(C)CCCCCCc1cc(O)c(O)c(O)c1CCCCCC1(C)CC1. The Kier molecular flexibility index (Phi) is 8.73. The number of aryl methyl sites for hydroxylation is 1. The lowest BCUT2D eigenvalue weighted by atomic mass is 9.84. The first-order valence-electron chi connectivity index (χ1n) is 11.9. The van der Waals surface area contributed by atoms with Crippen molar-refractivity contribution in [2.24, 2.45) is 10.8 Å². The Labute approximate surface area is 178 Å². The first-order valence-corrected chi connectivity index (χ1v) is 11.9. The van der Waals surface area contributed by atoms with Crippen LogP contribution >= 0.6 is 0 Å². The fourth-order valence-corrected chi connectivity index (χ4v) is 4.18. The maximum atomic E-state index is 10.4. The molecule has 0 saturated heterocycles. The molecule has 0 amide bonds. The van der Waals surface area contributed by atoms with Crippen LogP contribution in [-0.2, 0) is 12.8 Å². The maximum Gasteiger partial charge on any atom is 0.200 e. The van der Waals surface area contributed by atoms with E-state index in [1.54, 1.807) is 6.07 Å². The minimum absolute atomic E-state index is 0.112. The molecule has 1 fully saturated rings. The summed E-state index contributed by atoms with van der Waals surface area (Å²) in [5.74, 6) is -0.678. The monoisotopic (exact) mass is 404 g/mol. The molecule has 1 saturated carbocycles. The summed E-state index contributed by atoms with van der Waals surface area (Å²) in [5, 5.41) is 30.3. The van der Waals surface area contributed by atoms with Gasteiger partial charge < -0.3 is 15.3 Å². The van der Waals surface area contributed by atoms with Gasteiger partial charge in [-0.3, -0.25) is 0 Å². The number of benzene rings is 1. The molecule has 0 spiro atoms. The van der Waals surface area contributed by atoms with Gasteiger partial charge in [-0.1, -0.05) is 66.2 Å². The molecule has 0 bridgehead atoms. The van der Waals surface area contributed by atoms with E-state index in [0.29, 0.717) is 10.8 Å². The zero-order chi connectivity index (χ0) is 21.5. The van der Waals surface area contributed by atoms with Crippen LogP contribution in [0.4, 0.5) is 0 Å². The number of phenols is 3. The highest BCUT2D eigenvalue weighted by molar-refractivity contribution is 5.57. The van der Waals surface area contributed by atoms with Crippen LogP contribution in [0.1, 0.15) is 116 Å². The highest BCUT2D eigenvalue weighted by Gasteiger charge is 2.35. The van der Waals surface area contributed by atoms with Gasteiger partial charge in [0.1, 0.15) is 0 Å². The number of hydrogen-bond donors (Lipinski definition) is 3. The zero-order valence-corrected chi connectivity index (χ0v) is 19.3. The Morgan fingerprint density at radius 2 is 1.48 bits per heavy atom. The fourth-order valence-electron chi connectivity index (χ4n) is 4.18. The van der Waals surface area contributed by atoms with Crippen molar-refractivity contribution < 1.29 is 15.3 Å². The number of rotatable bonds is 14. The Morgan fingerprint density at radius 3 is 2.14 bits per heavy atom. The molecule has 0 aliphatic heterocycles. The molecule has 0 unspecified atom stereocenters. The van der Waals surface area contributed by atoms with Gasteiger partial charge in [0.05, 0.1) is 0 Å². The minimum atomic E-state index is -0.365. The first-order chi connectivity index (χ1) is 13.7. The third-order valence-electron chi connectivity index (χ3n) is 7.27. The molecule has 1 aliphatic rings. The van der Waals surface area contributed by atoms with Gasteiger partial charge in [0.25, 0.3) is 0 Å². The van der Waals surface area contributed by atoms with E-state index in [-0.39, 0.29) is 17.2 Å². The van der Waals surface area contributed by atoms with Gasteiger partial charge in [-0.25, -0.2) is 0 Å². The molecule has 3 nitrogen and oxygen atoms in total. The van der Waals surface area contributed by atoms with E-state index in [4.69, 9.17) is 0 Å². The van der Waals surface area contributed by atoms with Crippen LogP contribution in [0.2, 0.25) is 0 Å². The summed E-state index contributed by atoms with van der Waals surface area (Å²) in [6.07, 6.45) is 16.3. The molecule has 0 aromatic heterocycles. The predicted octanol–water partition coefficient (Wildman–Crippen LogP) is 7.64. The summed E-state index contributed by atoms with van der Waals surface area (Å²) < 4.78 is 0. The lowest BCUT2D eigenvalue weighted by Crippen LogP contribution is -2.08. The second-order valence-corrected chi connectivity index (χ2v) is 10.5. The second-order valence-electron chi connectivity index (χ2n) is 10.5. The van der Waals surface area contributed by atoms with Crippen molar-refractivity contribution in [1.29, 1.82) is 0 Å². The van der Waals surface area contributed by atoms with Crippen molar-refractivity contribution in [3.63, 3.8) is 0 Å². The van der Waals surface area contributed by atoms with Crippen molar-refractivity contribution in [3.05, 3.63) is 17.2 Å². The van der Waals surface area contributed by atoms with Crippen LogP contribution in [-0.4, -0.2) is 15.3 Å². The van der Waals surface area contributed by atoms with Crippen molar-refractivity contribution in [3.8, 4) is 17.2 Å². The molecule has 0 radical (unpaired) electrons. The highest BCUT2D eigenvalue weighted by Crippen LogP contribution is 2.49. The van der Waals surface area contributed by atoms with Crippen molar-refractivity contribution >= 4 is 0 Å². The van der Waals surface area contributed by atoms with Crippen LogP contribution in [0, 0.1) is 10.8 Å². The number of unbranched alkanes of at least 4 members (excludes halogenated alkanes) is 5. The lowest BCUT2D eigenvalue weighted by molar-refractivity contribution is 0.307. The Bertz CT molecular complexity index is 644. The molecule has 0 atom stereocenters. The molecule has 1 aromatic carbocycles. The molecule has 1 aromatic rings. The van der Waals surface area contributed by atoms with Crippen LogP contribution < -0.4 is 0 Å². The summed E-state index contributed by atoms with van der Waals surface area (Å²) in [6.45, 7) is 9.31. The van der Waals surface area contributed by atoms with E-state index in [2.05, 4.69) is 27.7 Å². The molecule has 3 heteroatoms. The van der Waals surface area contributed by atoms with Crippen molar-refractivity contribution in [2.45, 2.75) is 118 Å². The molecule has 29 heavy (non-hydrogen) atoms. The van der Waals surface area contributed by atoms with Gasteiger partial charge >= 0.3 is 0 Å². The van der Waals surface area contributed by atoms with Crippen LogP contribution in [0.25, 0.3) is 0 Å². The first kappa shape index (κ1) is 23.9. The van der Waals surface area contributed by atoms with Crippen LogP contribution in [0.15, 0.2) is 6.07 Å². The number of aromatic hydroxyl groups is 3. The summed E-state index contributed by atoms with van der Waals surface area (Å²) in [5.41, 5.74) is 2.89. The number of hydrogen-bond acceptors (Lipinski definition) is 3. The molecule has 166 valence electrons. The Morgan fingerprint density at radius 1 is 0.862 bits per heavy atom. The fraction of sp³-hybridized carbons (Fsp3) is 0.769. The maximum absolute atomic E-state index is 10.4. The lowest BCUT2D eigenvalue weighted by Gasteiger charge is -2.22. The number of phenolic OH excluding ortho intramolecular Hbond substituents is 3. The van der Waals surface area contributed by atoms with Gasteiger partial charge in [-0.05, 0) is 73.8 Å². The molecule has 1 aliphatic carbocycles. The third kappa shape index (κ3) is 7.75. The highest BCUT2D eigenvalue weighted by atomic mass is 16.3. The second kappa shape index (κ2) is 10.6. The normalized spacial score (nSPS) is 15.6. The van der Waals surface area contributed by atoms with E-state index in [1.165, 1.54) is 57.8 Å². The molecule has 2 rings (SSSR count). The smallest absolute Gasteiger partial charge is 0.200 e. The Balaban J connectivity index is 1.80. The quantitative estimate of drug-likeness (QED) is 0.220. The van der Waals surface area contributed by atoms with Crippen molar-refractivity contribution in [2.75, 3.05) is 0 Å². The van der Waals surface area contributed by atoms with E-state index >= 15 is 0 Å². The minimum Gasteiger partial charge on any atom is -0.504 e. The van der Waals surface area contributed by atoms with E-state index in [0.717, 1.165) is 43.2 Å². The zero-order valence-electron chi connectivity index (χ0n) is 19.3. The average Bonchev–Trinajstić information content (AvgIpc) is 3.41. The summed E-state index contributed by atoms with van der Waals surface area (Å²) >= 11 is 0. The van der Waals surface area contributed by atoms with Gasteiger partial charge in [-0.15, -0.1) is 0 Å².